The highest BCUT2D eigenvalue weighted by Crippen LogP contribution is 2.19. The van der Waals surface area contributed by atoms with Gasteiger partial charge in [-0.05, 0) is 13.8 Å². The molecular formula is C13H12N2O. The molecule has 0 saturated heterocycles. The van der Waals surface area contributed by atoms with E-state index in [1.165, 1.54) is 0 Å². The lowest BCUT2D eigenvalue weighted by molar-refractivity contribution is 0.112. The fraction of sp³-hybridized carbons (Fsp3) is 0.154. The monoisotopic (exact) mass is 212 g/mol. The molecule has 1 heterocycles. The van der Waals surface area contributed by atoms with Crippen LogP contribution in [0.2, 0.25) is 0 Å². The van der Waals surface area contributed by atoms with Crippen LogP contribution in [0, 0.1) is 13.8 Å². The molecule has 0 amide bonds. The molecule has 80 valence electrons. The maximum atomic E-state index is 10.5. The molecule has 1 aromatic heterocycles. The highest BCUT2D eigenvalue weighted by Gasteiger charge is 2.04. The highest BCUT2D eigenvalue weighted by atomic mass is 16.1. The third-order valence-electron chi connectivity index (χ3n) is 2.40. The summed E-state index contributed by atoms with van der Waals surface area (Å²) in [5.41, 5.74) is 4.31. The second-order valence-corrected chi connectivity index (χ2v) is 3.69. The number of carbonyl (C=O) groups excluding carboxylic acids is 1. The van der Waals surface area contributed by atoms with Gasteiger partial charge in [0, 0.05) is 17.3 Å². The molecule has 3 nitrogen and oxygen atoms in total. The molecule has 0 radical (unpaired) electrons. The zero-order chi connectivity index (χ0) is 11.5. The molecular weight excluding hydrogens is 200 g/mol. The number of aldehydes is 1. The van der Waals surface area contributed by atoms with Crippen LogP contribution in [0.25, 0.3) is 11.3 Å². The summed E-state index contributed by atoms with van der Waals surface area (Å²) in [6.07, 6.45) is 2.58. The number of hydrogen-bond donors (Lipinski definition) is 0. The molecule has 2 rings (SSSR count). The van der Waals surface area contributed by atoms with E-state index in [0.29, 0.717) is 5.56 Å². The third-order valence-corrected chi connectivity index (χ3v) is 2.40. The van der Waals surface area contributed by atoms with Gasteiger partial charge in [-0.15, -0.1) is 0 Å². The van der Waals surface area contributed by atoms with Crippen molar-refractivity contribution in [3.05, 3.63) is 47.4 Å². The standard InChI is InChI=1S/C13H12N2O/c1-9-7-14-10(2)13(15-9)12-5-3-11(8-16)4-6-12/h3-8H,1-2H3. The Labute approximate surface area is 94.2 Å². The van der Waals surface area contributed by atoms with Gasteiger partial charge in [0.1, 0.15) is 6.29 Å². The van der Waals surface area contributed by atoms with Crippen molar-refractivity contribution < 1.29 is 4.79 Å². The maximum Gasteiger partial charge on any atom is 0.150 e. The van der Waals surface area contributed by atoms with Crippen molar-refractivity contribution in [1.29, 1.82) is 0 Å². The predicted molar refractivity (Wildman–Crippen MR) is 62.3 cm³/mol. The Hall–Kier alpha value is -2.03. The molecule has 0 unspecified atom stereocenters. The van der Waals surface area contributed by atoms with Gasteiger partial charge < -0.3 is 0 Å². The molecule has 0 saturated carbocycles. The Kier molecular flexibility index (Phi) is 2.77. The van der Waals surface area contributed by atoms with Crippen molar-refractivity contribution in [2.24, 2.45) is 0 Å². The van der Waals surface area contributed by atoms with Gasteiger partial charge in [0.15, 0.2) is 0 Å². The zero-order valence-corrected chi connectivity index (χ0v) is 9.27. The van der Waals surface area contributed by atoms with Crippen LogP contribution < -0.4 is 0 Å². The minimum Gasteiger partial charge on any atom is -0.298 e. The lowest BCUT2D eigenvalue weighted by Gasteiger charge is -2.05. The van der Waals surface area contributed by atoms with Gasteiger partial charge in [-0.25, -0.2) is 4.98 Å². The van der Waals surface area contributed by atoms with E-state index in [-0.39, 0.29) is 0 Å². The maximum absolute atomic E-state index is 10.5. The average molecular weight is 212 g/mol. The largest absolute Gasteiger partial charge is 0.298 e. The van der Waals surface area contributed by atoms with Crippen molar-refractivity contribution in [3.8, 4) is 11.3 Å². The molecule has 0 N–H and O–H groups in total. The lowest BCUT2D eigenvalue weighted by Crippen LogP contribution is -1.94. The Morgan fingerprint density at radius 1 is 1.12 bits per heavy atom. The van der Waals surface area contributed by atoms with Gasteiger partial charge >= 0.3 is 0 Å². The first kappa shape index (κ1) is 10.5. The van der Waals surface area contributed by atoms with Crippen LogP contribution in [0.4, 0.5) is 0 Å². The number of aryl methyl sites for hydroxylation is 2. The molecule has 0 aliphatic carbocycles. The number of carbonyl (C=O) groups is 1. The SMILES string of the molecule is Cc1cnc(C)c(-c2ccc(C=O)cc2)n1. The average Bonchev–Trinajstić information content (AvgIpc) is 2.32. The molecule has 0 atom stereocenters. The van der Waals surface area contributed by atoms with Crippen molar-refractivity contribution >= 4 is 6.29 Å². The summed E-state index contributed by atoms with van der Waals surface area (Å²) < 4.78 is 0. The van der Waals surface area contributed by atoms with Crippen LogP contribution >= 0.6 is 0 Å². The summed E-state index contributed by atoms with van der Waals surface area (Å²) >= 11 is 0. The van der Waals surface area contributed by atoms with Gasteiger partial charge in [-0.1, -0.05) is 24.3 Å². The van der Waals surface area contributed by atoms with Crippen molar-refractivity contribution in [2.75, 3.05) is 0 Å². The topological polar surface area (TPSA) is 42.9 Å². The fourth-order valence-electron chi connectivity index (χ4n) is 1.53. The first-order valence-electron chi connectivity index (χ1n) is 5.06. The summed E-state index contributed by atoms with van der Waals surface area (Å²) in [6.45, 7) is 3.84. The molecule has 0 aliphatic rings. The normalized spacial score (nSPS) is 10.1. The van der Waals surface area contributed by atoms with E-state index in [1.807, 2.05) is 26.0 Å². The molecule has 3 heteroatoms. The quantitative estimate of drug-likeness (QED) is 0.718. The minimum atomic E-state index is 0.669. The Balaban J connectivity index is 2.49. The Morgan fingerprint density at radius 2 is 1.81 bits per heavy atom. The number of hydrogen-bond acceptors (Lipinski definition) is 3. The van der Waals surface area contributed by atoms with Gasteiger partial charge in [-0.3, -0.25) is 9.78 Å². The molecule has 0 fully saturated rings. The third kappa shape index (κ3) is 1.98. The van der Waals surface area contributed by atoms with E-state index in [4.69, 9.17) is 0 Å². The summed E-state index contributed by atoms with van der Waals surface area (Å²) in [5.74, 6) is 0. The number of aromatic nitrogens is 2. The van der Waals surface area contributed by atoms with Gasteiger partial charge in [-0.2, -0.15) is 0 Å². The van der Waals surface area contributed by atoms with E-state index in [2.05, 4.69) is 9.97 Å². The molecule has 16 heavy (non-hydrogen) atoms. The second kappa shape index (κ2) is 4.23. The number of benzene rings is 1. The smallest absolute Gasteiger partial charge is 0.150 e. The summed E-state index contributed by atoms with van der Waals surface area (Å²) in [6, 6.07) is 7.35. The molecule has 0 bridgehead atoms. The lowest BCUT2D eigenvalue weighted by atomic mass is 10.1. The number of nitrogens with zero attached hydrogens (tertiary/aromatic N) is 2. The van der Waals surface area contributed by atoms with Crippen molar-refractivity contribution in [2.45, 2.75) is 13.8 Å². The van der Waals surface area contributed by atoms with E-state index in [0.717, 1.165) is 28.9 Å². The van der Waals surface area contributed by atoms with Crippen LogP contribution in [-0.4, -0.2) is 16.3 Å². The first-order chi connectivity index (χ1) is 7.70. The van der Waals surface area contributed by atoms with E-state index >= 15 is 0 Å². The minimum absolute atomic E-state index is 0.669. The predicted octanol–water partition coefficient (Wildman–Crippen LogP) is 2.57. The summed E-state index contributed by atoms with van der Waals surface area (Å²) in [5, 5.41) is 0. The highest BCUT2D eigenvalue weighted by molar-refractivity contribution is 5.76. The van der Waals surface area contributed by atoms with Crippen LogP contribution in [0.1, 0.15) is 21.7 Å². The molecule has 1 aromatic carbocycles. The van der Waals surface area contributed by atoms with Crippen LogP contribution in [0.3, 0.4) is 0 Å². The van der Waals surface area contributed by atoms with Crippen LogP contribution in [-0.2, 0) is 0 Å². The van der Waals surface area contributed by atoms with E-state index < -0.39 is 0 Å². The summed E-state index contributed by atoms with van der Waals surface area (Å²) in [7, 11) is 0. The zero-order valence-electron chi connectivity index (χ0n) is 9.27. The van der Waals surface area contributed by atoms with Gasteiger partial charge in [0.25, 0.3) is 0 Å². The van der Waals surface area contributed by atoms with Crippen molar-refractivity contribution in [3.63, 3.8) is 0 Å². The Morgan fingerprint density at radius 3 is 2.44 bits per heavy atom. The van der Waals surface area contributed by atoms with Crippen molar-refractivity contribution in [1.82, 2.24) is 9.97 Å². The number of rotatable bonds is 2. The van der Waals surface area contributed by atoms with Crippen LogP contribution in [0.15, 0.2) is 30.5 Å². The van der Waals surface area contributed by atoms with Crippen LogP contribution in [0.5, 0.6) is 0 Å². The van der Waals surface area contributed by atoms with Gasteiger partial charge in [0.05, 0.1) is 17.1 Å². The summed E-state index contributed by atoms with van der Waals surface area (Å²) in [4.78, 5) is 19.3. The Bertz CT molecular complexity index is 518. The fourth-order valence-corrected chi connectivity index (χ4v) is 1.53. The molecule has 0 aliphatic heterocycles. The molecule has 2 aromatic rings. The molecule has 0 spiro atoms. The van der Waals surface area contributed by atoms with Gasteiger partial charge in [0.2, 0.25) is 0 Å². The van der Waals surface area contributed by atoms with E-state index in [1.54, 1.807) is 18.3 Å². The second-order valence-electron chi connectivity index (χ2n) is 3.69. The van der Waals surface area contributed by atoms with E-state index in [9.17, 15) is 4.79 Å². The first-order valence-corrected chi connectivity index (χ1v) is 5.06.